The van der Waals surface area contributed by atoms with Gasteiger partial charge in [0, 0.05) is 11.1 Å². The SMILES string of the molecule is COc1cc(-c2cccc(C(F)(F)F)c2F)ccc1CC#N. The number of halogens is 4. The van der Waals surface area contributed by atoms with Crippen molar-refractivity contribution in [1.82, 2.24) is 0 Å². The molecule has 0 saturated heterocycles. The lowest BCUT2D eigenvalue weighted by Gasteiger charge is -2.13. The van der Waals surface area contributed by atoms with E-state index in [1.807, 2.05) is 6.07 Å². The lowest BCUT2D eigenvalue weighted by molar-refractivity contribution is -0.139. The number of methoxy groups -OCH3 is 1. The average molecular weight is 309 g/mol. The third-order valence-corrected chi connectivity index (χ3v) is 3.17. The average Bonchev–Trinajstić information content (AvgIpc) is 2.47. The van der Waals surface area contributed by atoms with E-state index in [4.69, 9.17) is 10.00 Å². The fraction of sp³-hybridized carbons (Fsp3) is 0.188. The van der Waals surface area contributed by atoms with Gasteiger partial charge < -0.3 is 4.74 Å². The van der Waals surface area contributed by atoms with Crippen LogP contribution < -0.4 is 4.74 Å². The maximum atomic E-state index is 14.1. The first-order valence-corrected chi connectivity index (χ1v) is 6.28. The van der Waals surface area contributed by atoms with Crippen LogP contribution in [0.2, 0.25) is 0 Å². The molecule has 0 aliphatic rings. The van der Waals surface area contributed by atoms with Crippen LogP contribution in [-0.2, 0) is 12.6 Å². The van der Waals surface area contributed by atoms with E-state index in [0.717, 1.165) is 6.07 Å². The van der Waals surface area contributed by atoms with Gasteiger partial charge in [-0.05, 0) is 17.7 Å². The molecule has 0 bridgehead atoms. The molecule has 0 spiro atoms. The molecule has 2 rings (SSSR count). The molecule has 0 heterocycles. The van der Waals surface area contributed by atoms with Crippen LogP contribution >= 0.6 is 0 Å². The molecule has 0 aromatic heterocycles. The summed E-state index contributed by atoms with van der Waals surface area (Å²) >= 11 is 0. The first kappa shape index (κ1) is 15.8. The van der Waals surface area contributed by atoms with E-state index in [2.05, 4.69) is 0 Å². The van der Waals surface area contributed by atoms with Gasteiger partial charge in [-0.1, -0.05) is 24.3 Å². The number of benzene rings is 2. The van der Waals surface area contributed by atoms with Crippen LogP contribution in [0.15, 0.2) is 36.4 Å². The summed E-state index contributed by atoms with van der Waals surface area (Å²) in [6, 6.07) is 9.49. The van der Waals surface area contributed by atoms with Gasteiger partial charge in [-0.3, -0.25) is 0 Å². The molecule has 0 amide bonds. The van der Waals surface area contributed by atoms with E-state index in [1.54, 1.807) is 0 Å². The summed E-state index contributed by atoms with van der Waals surface area (Å²) in [5.74, 6) is -0.999. The zero-order chi connectivity index (χ0) is 16.3. The minimum Gasteiger partial charge on any atom is -0.496 e. The smallest absolute Gasteiger partial charge is 0.419 e. The Morgan fingerprint density at radius 2 is 1.91 bits per heavy atom. The van der Waals surface area contributed by atoms with Gasteiger partial charge in [0.2, 0.25) is 0 Å². The molecule has 22 heavy (non-hydrogen) atoms. The topological polar surface area (TPSA) is 33.0 Å². The predicted octanol–water partition coefficient (Wildman–Crippen LogP) is 4.59. The highest BCUT2D eigenvalue weighted by atomic mass is 19.4. The predicted molar refractivity (Wildman–Crippen MR) is 72.7 cm³/mol. The first-order valence-electron chi connectivity index (χ1n) is 6.28. The van der Waals surface area contributed by atoms with Gasteiger partial charge in [0.05, 0.1) is 25.2 Å². The van der Waals surface area contributed by atoms with Crippen molar-refractivity contribution >= 4 is 0 Å². The molecule has 2 nitrogen and oxygen atoms in total. The number of alkyl halides is 3. The van der Waals surface area contributed by atoms with Crippen molar-refractivity contribution in [3.05, 3.63) is 53.3 Å². The molecule has 0 atom stereocenters. The Morgan fingerprint density at radius 3 is 2.50 bits per heavy atom. The second-order valence-corrected chi connectivity index (χ2v) is 4.53. The van der Waals surface area contributed by atoms with Gasteiger partial charge in [-0.15, -0.1) is 0 Å². The zero-order valence-corrected chi connectivity index (χ0v) is 11.5. The van der Waals surface area contributed by atoms with E-state index in [0.29, 0.717) is 17.4 Å². The maximum absolute atomic E-state index is 14.1. The van der Waals surface area contributed by atoms with E-state index in [9.17, 15) is 17.6 Å². The largest absolute Gasteiger partial charge is 0.496 e. The minimum absolute atomic E-state index is 0.0918. The van der Waals surface area contributed by atoms with Gasteiger partial charge in [-0.25, -0.2) is 4.39 Å². The van der Waals surface area contributed by atoms with Crippen molar-refractivity contribution in [1.29, 1.82) is 5.26 Å². The highest BCUT2D eigenvalue weighted by molar-refractivity contribution is 5.68. The van der Waals surface area contributed by atoms with Crippen LogP contribution in [0.3, 0.4) is 0 Å². The Hall–Kier alpha value is -2.55. The van der Waals surface area contributed by atoms with Gasteiger partial charge >= 0.3 is 6.18 Å². The van der Waals surface area contributed by atoms with Gasteiger partial charge in [0.15, 0.2) is 0 Å². The third kappa shape index (κ3) is 3.03. The van der Waals surface area contributed by atoms with E-state index >= 15 is 0 Å². The van der Waals surface area contributed by atoms with E-state index in [-0.39, 0.29) is 17.5 Å². The molecule has 0 saturated carbocycles. The summed E-state index contributed by atoms with van der Waals surface area (Å²) in [5.41, 5.74) is -0.648. The number of nitrogens with zero attached hydrogens (tertiary/aromatic N) is 1. The first-order chi connectivity index (χ1) is 10.4. The molecule has 0 unspecified atom stereocenters. The van der Waals surface area contributed by atoms with Crippen LogP contribution in [0.25, 0.3) is 11.1 Å². The van der Waals surface area contributed by atoms with Crippen LogP contribution in [0.4, 0.5) is 17.6 Å². The Morgan fingerprint density at radius 1 is 1.18 bits per heavy atom. The molecule has 0 fully saturated rings. The van der Waals surface area contributed by atoms with E-state index in [1.165, 1.54) is 31.4 Å². The molecule has 2 aromatic rings. The van der Waals surface area contributed by atoms with Crippen molar-refractivity contribution in [2.75, 3.05) is 7.11 Å². The Balaban J connectivity index is 2.56. The Bertz CT molecular complexity index is 732. The number of rotatable bonds is 3. The summed E-state index contributed by atoms with van der Waals surface area (Å²) in [6.07, 6.45) is -4.67. The van der Waals surface area contributed by atoms with Crippen molar-refractivity contribution < 1.29 is 22.3 Å². The number of hydrogen-bond acceptors (Lipinski definition) is 2. The summed E-state index contributed by atoms with van der Waals surface area (Å²) < 4.78 is 57.5. The molecular weight excluding hydrogens is 298 g/mol. The second-order valence-electron chi connectivity index (χ2n) is 4.53. The molecule has 114 valence electrons. The molecule has 2 aromatic carbocycles. The molecule has 6 heteroatoms. The maximum Gasteiger partial charge on any atom is 0.419 e. The van der Waals surface area contributed by atoms with Crippen molar-refractivity contribution in [3.63, 3.8) is 0 Å². The highest BCUT2D eigenvalue weighted by Gasteiger charge is 2.34. The molecule has 0 aliphatic carbocycles. The zero-order valence-electron chi connectivity index (χ0n) is 11.5. The van der Waals surface area contributed by atoms with Crippen molar-refractivity contribution in [2.24, 2.45) is 0 Å². The second kappa shape index (κ2) is 6.06. The number of nitriles is 1. The molecule has 0 radical (unpaired) electrons. The van der Waals surface area contributed by atoms with Crippen LogP contribution in [0, 0.1) is 17.1 Å². The molecular formula is C16H11F4NO. The fourth-order valence-corrected chi connectivity index (χ4v) is 2.12. The van der Waals surface area contributed by atoms with Gasteiger partial charge in [0.1, 0.15) is 11.6 Å². The number of hydrogen-bond donors (Lipinski definition) is 0. The minimum atomic E-state index is -4.76. The van der Waals surface area contributed by atoms with Crippen LogP contribution in [-0.4, -0.2) is 7.11 Å². The standard InChI is InChI=1S/C16H11F4NO/c1-22-14-9-11(6-5-10(14)7-8-21)12-3-2-4-13(15(12)17)16(18,19)20/h2-6,9H,7H2,1H3. The Labute approximate surface area is 124 Å². The monoisotopic (exact) mass is 309 g/mol. The lowest BCUT2D eigenvalue weighted by Crippen LogP contribution is -2.08. The van der Waals surface area contributed by atoms with Gasteiger partial charge in [-0.2, -0.15) is 18.4 Å². The summed E-state index contributed by atoms with van der Waals surface area (Å²) in [7, 11) is 1.38. The highest BCUT2D eigenvalue weighted by Crippen LogP contribution is 2.36. The van der Waals surface area contributed by atoms with Crippen molar-refractivity contribution in [3.8, 4) is 22.9 Å². The third-order valence-electron chi connectivity index (χ3n) is 3.17. The summed E-state index contributed by atoms with van der Waals surface area (Å²) in [4.78, 5) is 0. The lowest BCUT2D eigenvalue weighted by atomic mass is 9.99. The normalized spacial score (nSPS) is 11.1. The van der Waals surface area contributed by atoms with Gasteiger partial charge in [0.25, 0.3) is 0 Å². The number of ether oxygens (including phenoxy) is 1. The Kier molecular flexibility index (Phi) is 4.36. The molecule has 0 N–H and O–H groups in total. The van der Waals surface area contributed by atoms with Crippen molar-refractivity contribution in [2.45, 2.75) is 12.6 Å². The fourth-order valence-electron chi connectivity index (χ4n) is 2.12. The van der Waals surface area contributed by atoms with Crippen LogP contribution in [0.5, 0.6) is 5.75 Å². The van der Waals surface area contributed by atoms with E-state index < -0.39 is 17.6 Å². The van der Waals surface area contributed by atoms with Crippen LogP contribution in [0.1, 0.15) is 11.1 Å². The quantitative estimate of drug-likeness (QED) is 0.777. The summed E-state index contributed by atoms with van der Waals surface area (Å²) in [6.45, 7) is 0. The molecule has 0 aliphatic heterocycles. The summed E-state index contributed by atoms with van der Waals surface area (Å²) in [5, 5.41) is 8.71.